The first-order valence-corrected chi connectivity index (χ1v) is 8.00. The molecule has 0 aliphatic carbocycles. The van der Waals surface area contributed by atoms with Crippen molar-refractivity contribution in [3.63, 3.8) is 0 Å². The molecule has 0 aliphatic heterocycles. The second-order valence-corrected chi connectivity index (χ2v) is 6.41. The molecule has 0 radical (unpaired) electrons. The second-order valence-electron chi connectivity index (χ2n) is 4.09. The summed E-state index contributed by atoms with van der Waals surface area (Å²) in [7, 11) is 0. The number of aromatic hydroxyl groups is 1. The van der Waals surface area contributed by atoms with E-state index in [1.165, 1.54) is 5.56 Å². The molecular formula is C14H14I2NO2+. The van der Waals surface area contributed by atoms with E-state index in [0.717, 1.165) is 31.6 Å². The van der Waals surface area contributed by atoms with Crippen molar-refractivity contribution in [2.24, 2.45) is 0 Å². The number of phenolic OH excluding ortho intramolecular Hbond substituents is 1. The number of phenols is 1. The third-order valence-electron chi connectivity index (χ3n) is 2.61. The van der Waals surface area contributed by atoms with E-state index in [9.17, 15) is 5.11 Å². The van der Waals surface area contributed by atoms with Gasteiger partial charge in [0, 0.05) is 6.42 Å². The standard InChI is InChI=1S/C14H13I2NO2/c15-12-7-11(8-13(16)14(12)18)19-10-3-1-9(2-4-10)5-6-17/h1-4,7-8,18H,5-6,17H2/p+1. The van der Waals surface area contributed by atoms with Crippen molar-refractivity contribution in [2.75, 3.05) is 6.54 Å². The second kappa shape index (κ2) is 6.76. The first-order chi connectivity index (χ1) is 9.10. The molecule has 19 heavy (non-hydrogen) atoms. The normalized spacial score (nSPS) is 10.5. The third kappa shape index (κ3) is 3.96. The van der Waals surface area contributed by atoms with E-state index in [-0.39, 0.29) is 0 Å². The molecule has 0 aromatic heterocycles. The number of hydrogen-bond acceptors (Lipinski definition) is 2. The fraction of sp³-hybridized carbons (Fsp3) is 0.143. The molecule has 0 saturated carbocycles. The Morgan fingerprint density at radius 1 is 1.00 bits per heavy atom. The topological polar surface area (TPSA) is 57.1 Å². The van der Waals surface area contributed by atoms with Crippen molar-refractivity contribution in [1.29, 1.82) is 0 Å². The first-order valence-electron chi connectivity index (χ1n) is 5.84. The predicted molar refractivity (Wildman–Crippen MR) is 91.5 cm³/mol. The maximum atomic E-state index is 9.72. The van der Waals surface area contributed by atoms with Gasteiger partial charge in [-0.1, -0.05) is 12.1 Å². The molecule has 0 heterocycles. The lowest BCUT2D eigenvalue weighted by molar-refractivity contribution is -0.366. The zero-order valence-corrected chi connectivity index (χ0v) is 14.5. The van der Waals surface area contributed by atoms with E-state index in [1.807, 2.05) is 24.3 Å². The van der Waals surface area contributed by atoms with Crippen LogP contribution in [-0.2, 0) is 6.42 Å². The van der Waals surface area contributed by atoms with Gasteiger partial charge in [-0.05, 0) is 75.0 Å². The summed E-state index contributed by atoms with van der Waals surface area (Å²) in [4.78, 5) is 0. The van der Waals surface area contributed by atoms with E-state index >= 15 is 0 Å². The van der Waals surface area contributed by atoms with Crippen LogP contribution >= 0.6 is 45.2 Å². The van der Waals surface area contributed by atoms with Crippen molar-refractivity contribution < 1.29 is 15.6 Å². The Kier molecular flexibility index (Phi) is 5.28. The average Bonchev–Trinajstić information content (AvgIpc) is 2.38. The summed E-state index contributed by atoms with van der Waals surface area (Å²) in [6, 6.07) is 11.7. The minimum Gasteiger partial charge on any atom is -0.506 e. The minimum atomic E-state index is 0.305. The van der Waals surface area contributed by atoms with Gasteiger partial charge in [0.25, 0.3) is 0 Å². The van der Waals surface area contributed by atoms with Crippen LogP contribution in [0.3, 0.4) is 0 Å². The van der Waals surface area contributed by atoms with E-state index in [4.69, 9.17) is 4.74 Å². The molecule has 2 aromatic rings. The van der Waals surface area contributed by atoms with E-state index in [2.05, 4.69) is 63.0 Å². The lowest BCUT2D eigenvalue weighted by atomic mass is 10.1. The lowest BCUT2D eigenvalue weighted by Gasteiger charge is -2.09. The summed E-state index contributed by atoms with van der Waals surface area (Å²) in [5.74, 6) is 1.83. The zero-order valence-electron chi connectivity index (χ0n) is 10.2. The van der Waals surface area contributed by atoms with Crippen LogP contribution in [0.2, 0.25) is 0 Å². The number of quaternary nitrogens is 1. The van der Waals surface area contributed by atoms with Crippen LogP contribution in [-0.4, -0.2) is 11.7 Å². The van der Waals surface area contributed by atoms with Crippen molar-refractivity contribution in [1.82, 2.24) is 0 Å². The van der Waals surface area contributed by atoms with E-state index in [0.29, 0.717) is 5.75 Å². The van der Waals surface area contributed by atoms with Crippen LogP contribution in [0.4, 0.5) is 0 Å². The summed E-state index contributed by atoms with van der Waals surface area (Å²) in [6.07, 6.45) is 0.981. The molecule has 0 spiro atoms. The monoisotopic (exact) mass is 482 g/mol. The summed E-state index contributed by atoms with van der Waals surface area (Å²) < 4.78 is 7.36. The quantitative estimate of drug-likeness (QED) is 0.659. The van der Waals surface area contributed by atoms with Gasteiger partial charge < -0.3 is 15.6 Å². The third-order valence-corrected chi connectivity index (χ3v) is 4.26. The van der Waals surface area contributed by atoms with E-state index < -0.39 is 0 Å². The Bertz CT molecular complexity index is 547. The van der Waals surface area contributed by atoms with E-state index in [1.54, 1.807) is 0 Å². The molecule has 0 atom stereocenters. The molecule has 0 unspecified atom stereocenters. The lowest BCUT2D eigenvalue weighted by Crippen LogP contribution is -2.51. The van der Waals surface area contributed by atoms with Crippen LogP contribution in [0.15, 0.2) is 36.4 Å². The van der Waals surface area contributed by atoms with Crippen molar-refractivity contribution in [2.45, 2.75) is 6.42 Å². The smallest absolute Gasteiger partial charge is 0.142 e. The summed E-state index contributed by atoms with van der Waals surface area (Å²) in [6.45, 7) is 0.897. The Morgan fingerprint density at radius 3 is 2.11 bits per heavy atom. The molecule has 4 N–H and O–H groups in total. The summed E-state index contributed by atoms with van der Waals surface area (Å²) >= 11 is 4.19. The highest BCUT2D eigenvalue weighted by Gasteiger charge is 2.07. The number of ether oxygens (including phenoxy) is 1. The average molecular weight is 482 g/mol. The van der Waals surface area contributed by atoms with Crippen molar-refractivity contribution in [3.8, 4) is 17.2 Å². The number of benzene rings is 2. The molecule has 0 amide bonds. The summed E-state index contributed by atoms with van der Waals surface area (Å²) in [5, 5.41) is 9.72. The molecule has 100 valence electrons. The fourth-order valence-corrected chi connectivity index (χ4v) is 3.38. The van der Waals surface area contributed by atoms with Crippen molar-refractivity contribution >= 4 is 45.2 Å². The van der Waals surface area contributed by atoms with Gasteiger partial charge in [-0.3, -0.25) is 0 Å². The van der Waals surface area contributed by atoms with Gasteiger partial charge in [0.1, 0.15) is 17.2 Å². The first kappa shape index (κ1) is 14.9. The molecule has 0 fully saturated rings. The Balaban J connectivity index is 2.17. The fourth-order valence-electron chi connectivity index (χ4n) is 1.67. The highest BCUT2D eigenvalue weighted by molar-refractivity contribution is 14.1. The van der Waals surface area contributed by atoms with Gasteiger partial charge in [-0.15, -0.1) is 0 Å². The minimum absolute atomic E-state index is 0.305. The van der Waals surface area contributed by atoms with Crippen LogP contribution < -0.4 is 10.5 Å². The van der Waals surface area contributed by atoms with Gasteiger partial charge in [0.05, 0.1) is 13.7 Å². The molecular weight excluding hydrogens is 468 g/mol. The SMILES string of the molecule is [NH3+]CCc1ccc(Oc2cc(I)c(O)c(I)c2)cc1. The zero-order chi connectivity index (χ0) is 13.8. The summed E-state index contributed by atoms with van der Waals surface area (Å²) in [5.41, 5.74) is 5.10. The highest BCUT2D eigenvalue weighted by atomic mass is 127. The van der Waals surface area contributed by atoms with Gasteiger partial charge in [0.15, 0.2) is 0 Å². The Labute approximate surface area is 139 Å². The van der Waals surface area contributed by atoms with Gasteiger partial charge >= 0.3 is 0 Å². The largest absolute Gasteiger partial charge is 0.506 e. The molecule has 0 saturated heterocycles. The number of rotatable bonds is 4. The predicted octanol–water partition coefficient (Wildman–Crippen LogP) is 3.18. The number of halogens is 2. The van der Waals surface area contributed by atoms with Gasteiger partial charge in [-0.25, -0.2) is 0 Å². The molecule has 0 aliphatic rings. The molecule has 2 rings (SSSR count). The number of hydrogen-bond donors (Lipinski definition) is 2. The van der Waals surface area contributed by atoms with Gasteiger partial charge in [-0.2, -0.15) is 0 Å². The van der Waals surface area contributed by atoms with Crippen LogP contribution in [0, 0.1) is 7.14 Å². The Morgan fingerprint density at radius 2 is 1.58 bits per heavy atom. The van der Waals surface area contributed by atoms with Crippen LogP contribution in [0.5, 0.6) is 17.2 Å². The Hall–Kier alpha value is -0.540. The molecule has 5 heteroatoms. The highest BCUT2D eigenvalue weighted by Crippen LogP contribution is 2.32. The maximum absolute atomic E-state index is 9.72. The van der Waals surface area contributed by atoms with Gasteiger partial charge in [0.2, 0.25) is 0 Å². The van der Waals surface area contributed by atoms with Crippen LogP contribution in [0.25, 0.3) is 0 Å². The van der Waals surface area contributed by atoms with Crippen LogP contribution in [0.1, 0.15) is 5.56 Å². The molecule has 3 nitrogen and oxygen atoms in total. The van der Waals surface area contributed by atoms with Crippen molar-refractivity contribution in [3.05, 3.63) is 49.1 Å². The molecule has 2 aromatic carbocycles. The molecule has 0 bridgehead atoms. The maximum Gasteiger partial charge on any atom is 0.142 e.